The lowest BCUT2D eigenvalue weighted by Gasteiger charge is -2.66. The third kappa shape index (κ3) is 1.70. The van der Waals surface area contributed by atoms with Gasteiger partial charge in [-0.2, -0.15) is 0 Å². The summed E-state index contributed by atoms with van der Waals surface area (Å²) >= 11 is 0. The molecule has 3 fully saturated rings. The molecule has 0 aliphatic heterocycles. The summed E-state index contributed by atoms with van der Waals surface area (Å²) in [5.74, 6) is 1.25. The van der Waals surface area contributed by atoms with E-state index in [1.807, 2.05) is 6.92 Å². The van der Waals surface area contributed by atoms with E-state index in [4.69, 9.17) is 0 Å². The molecule has 0 heterocycles. The first kappa shape index (κ1) is 12.4. The van der Waals surface area contributed by atoms with Gasteiger partial charge in [0, 0.05) is 11.6 Å². The summed E-state index contributed by atoms with van der Waals surface area (Å²) in [7, 11) is 0. The predicted octanol–water partition coefficient (Wildman–Crippen LogP) is 2.56. The van der Waals surface area contributed by atoms with E-state index in [0.29, 0.717) is 11.3 Å². The molecule has 3 saturated carbocycles. The molecule has 0 amide bonds. The van der Waals surface area contributed by atoms with Gasteiger partial charge in [0.1, 0.15) is 0 Å². The van der Waals surface area contributed by atoms with Crippen LogP contribution in [0.5, 0.6) is 0 Å². The van der Waals surface area contributed by atoms with Gasteiger partial charge >= 0.3 is 0 Å². The van der Waals surface area contributed by atoms with Crippen LogP contribution in [-0.2, 0) is 0 Å². The molecule has 0 aromatic heterocycles. The monoisotopic (exact) mass is 225 g/mol. The topological polar surface area (TPSA) is 32.3 Å². The average molecular weight is 225 g/mol. The lowest BCUT2D eigenvalue weighted by Crippen LogP contribution is -2.71. The summed E-state index contributed by atoms with van der Waals surface area (Å²) in [5.41, 5.74) is -0.131. The molecule has 3 aliphatic rings. The Bertz CT molecular complexity index is 288. The summed E-state index contributed by atoms with van der Waals surface area (Å²) in [6.07, 6.45) is 2.33. The standard InChI is InChI=1S/C14H27NO/c1-12(2,3)15-11-8-9-7-10(13(9,4)5)14(11,6)16/h9-11,15-16H,7-8H2,1-6H3/t9-,10-,11-,14+/m1/s1. The molecule has 16 heavy (non-hydrogen) atoms. The summed E-state index contributed by atoms with van der Waals surface area (Å²) in [6, 6.07) is 0.254. The third-order valence-corrected chi connectivity index (χ3v) is 5.01. The maximum atomic E-state index is 10.8. The zero-order valence-corrected chi connectivity index (χ0v) is 11.6. The Labute approximate surface area is 99.8 Å². The van der Waals surface area contributed by atoms with Gasteiger partial charge in [-0.1, -0.05) is 13.8 Å². The maximum Gasteiger partial charge on any atom is 0.0805 e. The molecule has 2 N–H and O–H groups in total. The first-order valence-corrected chi connectivity index (χ1v) is 6.55. The molecule has 94 valence electrons. The van der Waals surface area contributed by atoms with Crippen LogP contribution < -0.4 is 5.32 Å². The number of aliphatic hydroxyl groups is 1. The van der Waals surface area contributed by atoms with Gasteiger partial charge in [-0.25, -0.2) is 0 Å². The highest BCUT2D eigenvalue weighted by Crippen LogP contribution is 2.62. The van der Waals surface area contributed by atoms with E-state index in [9.17, 15) is 5.11 Å². The van der Waals surface area contributed by atoms with E-state index < -0.39 is 5.60 Å². The Hall–Kier alpha value is -0.0800. The van der Waals surface area contributed by atoms with Gasteiger partial charge in [-0.3, -0.25) is 0 Å². The van der Waals surface area contributed by atoms with Crippen molar-refractivity contribution in [2.24, 2.45) is 17.3 Å². The van der Waals surface area contributed by atoms with E-state index in [2.05, 4.69) is 39.9 Å². The SMILES string of the molecule is CC(C)(C)N[C@@H]1C[C@H]2C[C@H](C2(C)C)[C@]1(C)O. The molecule has 0 saturated heterocycles. The van der Waals surface area contributed by atoms with Crippen LogP contribution in [0.1, 0.15) is 54.4 Å². The molecule has 0 unspecified atom stereocenters. The highest BCUT2D eigenvalue weighted by Gasteiger charge is 2.62. The van der Waals surface area contributed by atoms with Crippen molar-refractivity contribution in [3.05, 3.63) is 0 Å². The Kier molecular flexibility index (Phi) is 2.50. The summed E-state index contributed by atoms with van der Waals surface area (Å²) < 4.78 is 0. The molecule has 2 nitrogen and oxygen atoms in total. The second-order valence-corrected chi connectivity index (χ2v) is 7.72. The molecule has 3 rings (SSSR count). The fourth-order valence-electron chi connectivity index (χ4n) is 3.90. The minimum absolute atomic E-state index is 0.0859. The minimum atomic E-state index is -0.550. The molecule has 0 aromatic carbocycles. The van der Waals surface area contributed by atoms with Crippen molar-refractivity contribution in [2.45, 2.75) is 71.6 Å². The number of hydrogen-bond donors (Lipinski definition) is 2. The van der Waals surface area contributed by atoms with Crippen LogP contribution in [0.25, 0.3) is 0 Å². The quantitative estimate of drug-likeness (QED) is 0.719. The average Bonchev–Trinajstić information content (AvgIpc) is 2.04. The summed E-state index contributed by atoms with van der Waals surface area (Å²) in [4.78, 5) is 0. The third-order valence-electron chi connectivity index (χ3n) is 5.01. The van der Waals surface area contributed by atoms with Gasteiger partial charge in [0.2, 0.25) is 0 Å². The van der Waals surface area contributed by atoms with Crippen molar-refractivity contribution in [2.75, 3.05) is 0 Å². The molecule has 2 heteroatoms. The normalized spacial score (nSPS) is 46.3. The van der Waals surface area contributed by atoms with Crippen molar-refractivity contribution < 1.29 is 5.11 Å². The molecule has 0 spiro atoms. The molecule has 3 aliphatic carbocycles. The first-order valence-electron chi connectivity index (χ1n) is 6.55. The maximum absolute atomic E-state index is 10.8. The van der Waals surface area contributed by atoms with Crippen LogP contribution in [0.3, 0.4) is 0 Å². The van der Waals surface area contributed by atoms with Crippen LogP contribution >= 0.6 is 0 Å². The van der Waals surface area contributed by atoms with E-state index in [1.54, 1.807) is 0 Å². The predicted molar refractivity (Wildman–Crippen MR) is 67.3 cm³/mol. The van der Waals surface area contributed by atoms with Crippen molar-refractivity contribution in [1.82, 2.24) is 5.32 Å². The Balaban J connectivity index is 2.15. The molecule has 0 aromatic rings. The highest BCUT2D eigenvalue weighted by atomic mass is 16.3. The fraction of sp³-hybridized carbons (Fsp3) is 1.00. The molecule has 4 atom stereocenters. The highest BCUT2D eigenvalue weighted by molar-refractivity contribution is 5.15. The van der Waals surface area contributed by atoms with Crippen molar-refractivity contribution in [1.29, 1.82) is 0 Å². The minimum Gasteiger partial charge on any atom is -0.388 e. The van der Waals surface area contributed by atoms with Gasteiger partial charge in [-0.15, -0.1) is 0 Å². The number of nitrogens with one attached hydrogen (secondary N) is 1. The Morgan fingerprint density at radius 3 is 2.06 bits per heavy atom. The lowest BCUT2D eigenvalue weighted by molar-refractivity contribution is -0.211. The Morgan fingerprint density at radius 2 is 1.69 bits per heavy atom. The number of fused-ring (bicyclic) bond motifs is 2. The van der Waals surface area contributed by atoms with Crippen LogP contribution in [0.15, 0.2) is 0 Å². The van der Waals surface area contributed by atoms with E-state index in [0.717, 1.165) is 12.3 Å². The van der Waals surface area contributed by atoms with Crippen LogP contribution in [0.2, 0.25) is 0 Å². The molecule has 0 radical (unpaired) electrons. The van der Waals surface area contributed by atoms with Crippen LogP contribution in [0.4, 0.5) is 0 Å². The van der Waals surface area contributed by atoms with Gasteiger partial charge in [0.15, 0.2) is 0 Å². The van der Waals surface area contributed by atoms with E-state index in [-0.39, 0.29) is 11.6 Å². The first-order chi connectivity index (χ1) is 7.05. The van der Waals surface area contributed by atoms with Gasteiger partial charge in [0.05, 0.1) is 5.60 Å². The van der Waals surface area contributed by atoms with Crippen molar-refractivity contribution in [3.63, 3.8) is 0 Å². The Morgan fingerprint density at radius 1 is 1.12 bits per heavy atom. The van der Waals surface area contributed by atoms with Crippen LogP contribution in [0, 0.1) is 17.3 Å². The summed E-state index contributed by atoms with van der Waals surface area (Å²) in [5, 5.41) is 14.4. The van der Waals surface area contributed by atoms with Crippen molar-refractivity contribution in [3.8, 4) is 0 Å². The van der Waals surface area contributed by atoms with Crippen LogP contribution in [-0.4, -0.2) is 22.3 Å². The van der Waals surface area contributed by atoms with Crippen molar-refractivity contribution >= 4 is 0 Å². The van der Waals surface area contributed by atoms with Gasteiger partial charge in [-0.05, 0) is 57.8 Å². The molecular formula is C14H27NO. The number of hydrogen-bond acceptors (Lipinski definition) is 2. The van der Waals surface area contributed by atoms with Gasteiger partial charge in [0.25, 0.3) is 0 Å². The summed E-state index contributed by atoms with van der Waals surface area (Å²) in [6.45, 7) is 13.2. The molecule has 2 bridgehead atoms. The lowest BCUT2D eigenvalue weighted by atomic mass is 9.43. The smallest absolute Gasteiger partial charge is 0.0805 e. The fourth-order valence-corrected chi connectivity index (χ4v) is 3.90. The zero-order chi connectivity index (χ0) is 12.4. The van der Waals surface area contributed by atoms with Gasteiger partial charge < -0.3 is 10.4 Å². The van der Waals surface area contributed by atoms with E-state index >= 15 is 0 Å². The largest absolute Gasteiger partial charge is 0.388 e. The molecular weight excluding hydrogens is 198 g/mol. The second-order valence-electron chi connectivity index (χ2n) is 7.72. The van der Waals surface area contributed by atoms with E-state index in [1.165, 1.54) is 6.42 Å². The number of rotatable bonds is 1. The zero-order valence-electron chi connectivity index (χ0n) is 11.6. The second kappa shape index (κ2) is 3.23.